The molecule has 0 spiro atoms. The number of aromatic nitrogens is 2. The van der Waals surface area contributed by atoms with Crippen LogP contribution in [0.15, 0.2) is 48.5 Å². The van der Waals surface area contributed by atoms with E-state index < -0.39 is 0 Å². The van der Waals surface area contributed by atoms with Crippen LogP contribution >= 0.6 is 0 Å². The Bertz CT molecular complexity index is 1130. The van der Waals surface area contributed by atoms with Crippen LogP contribution < -0.4 is 14.8 Å². The summed E-state index contributed by atoms with van der Waals surface area (Å²) in [7, 11) is 4.79. The number of anilines is 1. The highest BCUT2D eigenvalue weighted by Crippen LogP contribution is 2.27. The minimum Gasteiger partial charge on any atom is -0.497 e. The fourth-order valence-corrected chi connectivity index (χ4v) is 3.12. The first-order chi connectivity index (χ1) is 14.6. The summed E-state index contributed by atoms with van der Waals surface area (Å²) in [6.07, 6.45) is 0. The van der Waals surface area contributed by atoms with Crippen LogP contribution in [-0.4, -0.2) is 35.7 Å². The number of nitrogens with one attached hydrogen (secondary N) is 1. The number of ketones is 1. The number of aryl methyl sites for hydroxylation is 1. The van der Waals surface area contributed by atoms with E-state index in [1.165, 1.54) is 7.11 Å². The Morgan fingerprint density at radius 3 is 2.35 bits per heavy atom. The second kappa shape index (κ2) is 8.63. The summed E-state index contributed by atoms with van der Waals surface area (Å²) in [5.74, 6) is 0.506. The number of hydrogen-bond acceptors (Lipinski definition) is 5. The zero-order chi connectivity index (χ0) is 22.8. The highest BCUT2D eigenvalue weighted by Gasteiger charge is 2.22. The maximum absolute atomic E-state index is 13.1. The lowest BCUT2D eigenvalue weighted by Gasteiger charge is -2.13. The fourth-order valence-electron chi connectivity index (χ4n) is 3.12. The third-order valence-corrected chi connectivity index (χ3v) is 4.92. The van der Waals surface area contributed by atoms with Crippen molar-refractivity contribution in [1.29, 1.82) is 0 Å². The van der Waals surface area contributed by atoms with Gasteiger partial charge in [-0.15, -0.1) is 0 Å². The summed E-state index contributed by atoms with van der Waals surface area (Å²) in [6, 6.07) is 13.6. The van der Waals surface area contributed by atoms with Gasteiger partial charge in [0.15, 0.2) is 5.78 Å². The zero-order valence-corrected chi connectivity index (χ0v) is 18.6. The highest BCUT2D eigenvalue weighted by atomic mass is 16.5. The van der Waals surface area contributed by atoms with Crippen molar-refractivity contribution < 1.29 is 19.1 Å². The van der Waals surface area contributed by atoms with E-state index in [9.17, 15) is 9.59 Å². The number of nitrogens with zero attached hydrogens (tertiary/aromatic N) is 2. The first kappa shape index (κ1) is 22.1. The highest BCUT2D eigenvalue weighted by molar-refractivity contribution is 6.12. The molecule has 31 heavy (non-hydrogen) atoms. The molecule has 3 aromatic rings. The molecule has 0 saturated carbocycles. The lowest BCUT2D eigenvalue weighted by atomic mass is 9.92. The number of carbonyl (C=O) groups is 2. The van der Waals surface area contributed by atoms with Crippen LogP contribution in [0, 0.1) is 0 Å². The van der Waals surface area contributed by atoms with Crippen LogP contribution in [0.5, 0.6) is 11.5 Å². The van der Waals surface area contributed by atoms with Crippen LogP contribution in [-0.2, 0) is 12.5 Å². The molecule has 0 unspecified atom stereocenters. The summed E-state index contributed by atoms with van der Waals surface area (Å²) in [4.78, 5) is 25.9. The minimum atomic E-state index is -0.294. The van der Waals surface area contributed by atoms with Gasteiger partial charge in [-0.2, -0.15) is 5.10 Å². The molecule has 3 rings (SSSR count). The van der Waals surface area contributed by atoms with Gasteiger partial charge in [-0.05, 0) is 30.3 Å². The van der Waals surface area contributed by atoms with Gasteiger partial charge in [-0.3, -0.25) is 14.3 Å². The number of methoxy groups -OCH3 is 2. The van der Waals surface area contributed by atoms with Gasteiger partial charge in [-0.1, -0.05) is 32.9 Å². The summed E-state index contributed by atoms with van der Waals surface area (Å²) < 4.78 is 12.1. The van der Waals surface area contributed by atoms with Crippen LogP contribution in [0.1, 0.15) is 52.9 Å². The van der Waals surface area contributed by atoms with E-state index in [4.69, 9.17) is 9.47 Å². The lowest BCUT2D eigenvalue weighted by molar-refractivity contribution is 0.101. The molecular weight excluding hydrogens is 394 g/mol. The molecule has 1 amide bonds. The van der Waals surface area contributed by atoms with Gasteiger partial charge in [0.25, 0.3) is 5.91 Å². The molecule has 0 aliphatic heterocycles. The van der Waals surface area contributed by atoms with Crippen molar-refractivity contribution in [3.05, 3.63) is 71.0 Å². The molecule has 1 aromatic heterocycles. The number of hydrogen-bond donors (Lipinski definition) is 1. The van der Waals surface area contributed by atoms with Gasteiger partial charge in [0.05, 0.1) is 25.5 Å². The molecule has 0 aliphatic rings. The maximum Gasteiger partial charge on any atom is 0.273 e. The van der Waals surface area contributed by atoms with Crippen LogP contribution in [0.3, 0.4) is 0 Å². The summed E-state index contributed by atoms with van der Waals surface area (Å²) in [5.41, 5.74) is 2.46. The van der Waals surface area contributed by atoms with Crippen molar-refractivity contribution >= 4 is 17.4 Å². The first-order valence-electron chi connectivity index (χ1n) is 9.86. The van der Waals surface area contributed by atoms with E-state index in [1.807, 2.05) is 20.8 Å². The predicted molar refractivity (Wildman–Crippen MR) is 119 cm³/mol. The molecule has 0 fully saturated rings. The Morgan fingerprint density at radius 2 is 1.74 bits per heavy atom. The Labute approximate surface area is 182 Å². The average molecular weight is 421 g/mol. The standard InChI is InChI=1S/C24H27N3O4/c1-24(2,3)21-14-19(27(4)26-21)23(29)25-16-9-7-8-15(12-16)22(28)18-11-10-17(30-5)13-20(18)31-6/h7-14H,1-6H3,(H,25,29). The number of ether oxygens (including phenoxy) is 2. The SMILES string of the molecule is COc1ccc(C(=O)c2cccc(NC(=O)c3cc(C(C)(C)C)nn3C)c2)c(OC)c1. The summed E-state index contributed by atoms with van der Waals surface area (Å²) in [5, 5.41) is 7.29. The molecule has 1 N–H and O–H groups in total. The van der Waals surface area contributed by atoms with Crippen molar-refractivity contribution in [3.8, 4) is 11.5 Å². The number of amides is 1. The third kappa shape index (κ3) is 4.77. The molecule has 162 valence electrons. The van der Waals surface area contributed by atoms with Gasteiger partial charge in [-0.25, -0.2) is 0 Å². The Hall–Kier alpha value is -3.61. The van der Waals surface area contributed by atoms with E-state index >= 15 is 0 Å². The molecule has 0 bridgehead atoms. The van der Waals surface area contributed by atoms with Crippen LogP contribution in [0.2, 0.25) is 0 Å². The number of rotatable bonds is 6. The molecule has 0 atom stereocenters. The zero-order valence-electron chi connectivity index (χ0n) is 18.6. The maximum atomic E-state index is 13.1. The molecule has 7 nitrogen and oxygen atoms in total. The van der Waals surface area contributed by atoms with Crippen LogP contribution in [0.4, 0.5) is 5.69 Å². The fraction of sp³-hybridized carbons (Fsp3) is 0.292. The van der Waals surface area contributed by atoms with E-state index in [1.54, 1.807) is 67.4 Å². The second-order valence-corrected chi connectivity index (χ2v) is 8.22. The molecule has 1 heterocycles. The lowest BCUT2D eigenvalue weighted by Crippen LogP contribution is -2.16. The quantitative estimate of drug-likeness (QED) is 0.603. The van der Waals surface area contributed by atoms with E-state index in [0.717, 1.165) is 5.69 Å². The van der Waals surface area contributed by atoms with Crippen molar-refractivity contribution in [2.45, 2.75) is 26.2 Å². The molecule has 2 aromatic carbocycles. The molecular formula is C24H27N3O4. The number of benzene rings is 2. The third-order valence-electron chi connectivity index (χ3n) is 4.92. The van der Waals surface area contributed by atoms with Crippen LogP contribution in [0.25, 0.3) is 0 Å². The van der Waals surface area contributed by atoms with E-state index in [-0.39, 0.29) is 17.1 Å². The van der Waals surface area contributed by atoms with Crippen molar-refractivity contribution in [2.24, 2.45) is 7.05 Å². The predicted octanol–water partition coefficient (Wildman–Crippen LogP) is 4.22. The van der Waals surface area contributed by atoms with E-state index in [2.05, 4.69) is 10.4 Å². The molecule has 0 aliphatic carbocycles. The van der Waals surface area contributed by atoms with Gasteiger partial charge in [0.1, 0.15) is 17.2 Å². The normalized spacial score (nSPS) is 11.2. The largest absolute Gasteiger partial charge is 0.497 e. The molecule has 0 radical (unpaired) electrons. The average Bonchev–Trinajstić information content (AvgIpc) is 3.15. The minimum absolute atomic E-state index is 0.167. The monoisotopic (exact) mass is 421 g/mol. The Morgan fingerprint density at radius 1 is 1.00 bits per heavy atom. The van der Waals surface area contributed by atoms with Crippen molar-refractivity contribution in [3.63, 3.8) is 0 Å². The van der Waals surface area contributed by atoms with Crippen molar-refractivity contribution in [2.75, 3.05) is 19.5 Å². The van der Waals surface area contributed by atoms with Gasteiger partial charge >= 0.3 is 0 Å². The van der Waals surface area contributed by atoms with Gasteiger partial charge in [0.2, 0.25) is 0 Å². The molecule has 7 heteroatoms. The Balaban J connectivity index is 1.85. The first-order valence-corrected chi connectivity index (χ1v) is 9.86. The van der Waals surface area contributed by atoms with Gasteiger partial charge < -0.3 is 14.8 Å². The second-order valence-electron chi connectivity index (χ2n) is 8.22. The Kier molecular flexibility index (Phi) is 6.15. The number of carbonyl (C=O) groups excluding carboxylic acids is 2. The van der Waals surface area contributed by atoms with E-state index in [0.29, 0.717) is 34.0 Å². The molecule has 0 saturated heterocycles. The summed E-state index contributed by atoms with van der Waals surface area (Å²) in [6.45, 7) is 6.12. The summed E-state index contributed by atoms with van der Waals surface area (Å²) >= 11 is 0. The topological polar surface area (TPSA) is 82.5 Å². The van der Waals surface area contributed by atoms with Crippen molar-refractivity contribution in [1.82, 2.24) is 9.78 Å². The van der Waals surface area contributed by atoms with Gasteiger partial charge in [0, 0.05) is 29.8 Å². The smallest absolute Gasteiger partial charge is 0.273 e.